The number of benzene rings is 1. The van der Waals surface area contributed by atoms with Crippen LogP contribution in [0.4, 0.5) is 5.13 Å². The van der Waals surface area contributed by atoms with Crippen molar-refractivity contribution in [1.29, 1.82) is 0 Å². The van der Waals surface area contributed by atoms with E-state index in [0.29, 0.717) is 16.7 Å². The number of rotatable bonds is 6. The number of thiophene rings is 1. The van der Waals surface area contributed by atoms with E-state index in [2.05, 4.69) is 15.6 Å². The molecule has 0 aliphatic heterocycles. The van der Waals surface area contributed by atoms with Gasteiger partial charge in [0.25, 0.3) is 5.91 Å². The minimum Gasteiger partial charge on any atom is -0.349 e. The van der Waals surface area contributed by atoms with E-state index in [1.807, 2.05) is 35.0 Å². The van der Waals surface area contributed by atoms with Crippen molar-refractivity contribution in [3.8, 4) is 10.6 Å². The average molecular weight is 396 g/mol. The molecule has 5 nitrogen and oxygen atoms in total. The summed E-state index contributed by atoms with van der Waals surface area (Å²) in [6.45, 7) is 0. The number of hydrogen-bond donors (Lipinski definition) is 2. The molecule has 0 saturated heterocycles. The molecule has 0 atom stereocenters. The minimum atomic E-state index is -0.238. The van der Waals surface area contributed by atoms with E-state index in [0.717, 1.165) is 29.0 Å². The summed E-state index contributed by atoms with van der Waals surface area (Å²) in [7, 11) is 0. The standard InChI is InChI=1S/C20H17N3O2S2/c24-18(23-20-22-16(12-27-20)17-2-1-11-26-17)10-5-13-3-6-14(7-4-13)19(25)21-15-8-9-15/h1-7,10-12,15H,8-9H2,(H,21,25)(H,22,23,24)/b10-5+. The van der Waals surface area contributed by atoms with Crippen molar-refractivity contribution < 1.29 is 9.59 Å². The van der Waals surface area contributed by atoms with Gasteiger partial charge in [0.2, 0.25) is 5.91 Å². The van der Waals surface area contributed by atoms with Gasteiger partial charge in [-0.2, -0.15) is 0 Å². The highest BCUT2D eigenvalue weighted by molar-refractivity contribution is 7.16. The molecule has 0 spiro atoms. The maximum atomic E-state index is 12.1. The summed E-state index contributed by atoms with van der Waals surface area (Å²) >= 11 is 3.01. The lowest BCUT2D eigenvalue weighted by Gasteiger charge is -2.03. The summed E-state index contributed by atoms with van der Waals surface area (Å²) in [5.74, 6) is -0.284. The molecular weight excluding hydrogens is 378 g/mol. The molecular formula is C20H17N3O2S2. The van der Waals surface area contributed by atoms with Crippen LogP contribution in [0.3, 0.4) is 0 Å². The predicted molar refractivity (Wildman–Crippen MR) is 110 cm³/mol. The molecule has 1 fully saturated rings. The first-order valence-electron chi connectivity index (χ1n) is 8.57. The summed E-state index contributed by atoms with van der Waals surface area (Å²) in [4.78, 5) is 29.6. The van der Waals surface area contributed by atoms with E-state index in [4.69, 9.17) is 0 Å². The van der Waals surface area contributed by atoms with E-state index in [-0.39, 0.29) is 11.8 Å². The normalized spacial score (nSPS) is 13.6. The number of carbonyl (C=O) groups excluding carboxylic acids is 2. The zero-order valence-electron chi connectivity index (χ0n) is 14.3. The van der Waals surface area contributed by atoms with Crippen LogP contribution < -0.4 is 10.6 Å². The first kappa shape index (κ1) is 17.6. The fourth-order valence-corrected chi connectivity index (χ4v) is 3.90. The molecule has 136 valence electrons. The van der Waals surface area contributed by atoms with Crippen molar-refractivity contribution in [2.24, 2.45) is 0 Å². The van der Waals surface area contributed by atoms with Crippen LogP contribution in [0.15, 0.2) is 53.2 Å². The molecule has 3 aromatic rings. The number of nitrogens with zero attached hydrogens (tertiary/aromatic N) is 1. The third-order valence-electron chi connectivity index (χ3n) is 4.02. The van der Waals surface area contributed by atoms with Crippen LogP contribution in [0.25, 0.3) is 16.6 Å². The Morgan fingerprint density at radius 2 is 1.93 bits per heavy atom. The highest BCUT2D eigenvalue weighted by Gasteiger charge is 2.23. The Bertz CT molecular complexity index is 971. The van der Waals surface area contributed by atoms with Crippen LogP contribution in [0.2, 0.25) is 0 Å². The zero-order valence-corrected chi connectivity index (χ0v) is 16.0. The number of aromatic nitrogens is 1. The van der Waals surface area contributed by atoms with Gasteiger partial charge in [-0.3, -0.25) is 14.9 Å². The molecule has 1 aliphatic carbocycles. The van der Waals surface area contributed by atoms with Crippen LogP contribution in [0.5, 0.6) is 0 Å². The minimum absolute atomic E-state index is 0.0453. The van der Waals surface area contributed by atoms with E-state index in [9.17, 15) is 9.59 Å². The summed E-state index contributed by atoms with van der Waals surface area (Å²) in [6.07, 6.45) is 5.31. The number of anilines is 1. The molecule has 27 heavy (non-hydrogen) atoms. The van der Waals surface area contributed by atoms with Crippen molar-refractivity contribution >= 4 is 45.7 Å². The number of amides is 2. The van der Waals surface area contributed by atoms with Crippen molar-refractivity contribution in [3.63, 3.8) is 0 Å². The van der Waals surface area contributed by atoms with Crippen molar-refractivity contribution in [2.45, 2.75) is 18.9 Å². The topological polar surface area (TPSA) is 71.1 Å². The van der Waals surface area contributed by atoms with Crippen molar-refractivity contribution in [1.82, 2.24) is 10.3 Å². The molecule has 2 N–H and O–H groups in total. The highest BCUT2D eigenvalue weighted by Crippen LogP contribution is 2.28. The molecule has 1 aliphatic rings. The molecule has 4 rings (SSSR count). The first-order valence-corrected chi connectivity index (χ1v) is 10.3. The quantitative estimate of drug-likeness (QED) is 0.607. The van der Waals surface area contributed by atoms with E-state index in [1.165, 1.54) is 17.4 Å². The summed E-state index contributed by atoms with van der Waals surface area (Å²) < 4.78 is 0. The lowest BCUT2D eigenvalue weighted by Crippen LogP contribution is -2.25. The Morgan fingerprint density at radius 3 is 2.63 bits per heavy atom. The monoisotopic (exact) mass is 395 g/mol. The van der Waals surface area contributed by atoms with Crippen LogP contribution in [-0.4, -0.2) is 22.8 Å². The molecule has 1 saturated carbocycles. The predicted octanol–water partition coefficient (Wildman–Crippen LogP) is 4.42. The third kappa shape index (κ3) is 4.69. The second-order valence-electron chi connectivity index (χ2n) is 6.21. The SMILES string of the molecule is O=C(/C=C/c1ccc(C(=O)NC2CC2)cc1)Nc1nc(-c2cccs2)cs1. The smallest absolute Gasteiger partial charge is 0.251 e. The molecule has 0 radical (unpaired) electrons. The fraction of sp³-hybridized carbons (Fsp3) is 0.150. The van der Waals surface area contributed by atoms with E-state index >= 15 is 0 Å². The Labute approximate surface area is 164 Å². The van der Waals surface area contributed by atoms with Crippen molar-refractivity contribution in [3.05, 3.63) is 64.4 Å². The van der Waals surface area contributed by atoms with Gasteiger partial charge < -0.3 is 5.32 Å². The lowest BCUT2D eigenvalue weighted by molar-refractivity contribution is -0.111. The second kappa shape index (κ2) is 7.85. The van der Waals surface area contributed by atoms with Gasteiger partial charge in [0.15, 0.2) is 5.13 Å². The van der Waals surface area contributed by atoms with E-state index in [1.54, 1.807) is 29.5 Å². The fourth-order valence-electron chi connectivity index (χ4n) is 2.43. The molecule has 0 unspecified atom stereocenters. The van der Waals surface area contributed by atoms with Gasteiger partial charge in [-0.25, -0.2) is 4.98 Å². The summed E-state index contributed by atoms with van der Waals surface area (Å²) in [5.41, 5.74) is 2.35. The first-order chi connectivity index (χ1) is 13.2. The molecule has 2 heterocycles. The molecule has 2 aromatic heterocycles. The van der Waals surface area contributed by atoms with Gasteiger partial charge in [-0.1, -0.05) is 18.2 Å². The van der Waals surface area contributed by atoms with Gasteiger partial charge in [-0.15, -0.1) is 22.7 Å². The third-order valence-corrected chi connectivity index (χ3v) is 5.67. The zero-order chi connectivity index (χ0) is 18.6. The van der Waals surface area contributed by atoms with Gasteiger partial charge in [0, 0.05) is 23.1 Å². The summed E-state index contributed by atoms with van der Waals surface area (Å²) in [5, 5.41) is 10.2. The number of nitrogens with one attached hydrogen (secondary N) is 2. The average Bonchev–Trinajstić information content (AvgIpc) is 3.13. The van der Waals surface area contributed by atoms with Crippen LogP contribution >= 0.6 is 22.7 Å². The van der Waals surface area contributed by atoms with Crippen LogP contribution in [0, 0.1) is 0 Å². The molecule has 1 aromatic carbocycles. The van der Waals surface area contributed by atoms with E-state index < -0.39 is 0 Å². The number of thiazole rings is 1. The van der Waals surface area contributed by atoms with Crippen molar-refractivity contribution in [2.75, 3.05) is 5.32 Å². The van der Waals surface area contributed by atoms with Gasteiger partial charge >= 0.3 is 0 Å². The van der Waals surface area contributed by atoms with Crippen LogP contribution in [0.1, 0.15) is 28.8 Å². The second-order valence-corrected chi connectivity index (χ2v) is 8.01. The van der Waals surface area contributed by atoms with Crippen LogP contribution in [-0.2, 0) is 4.79 Å². The lowest BCUT2D eigenvalue weighted by atomic mass is 10.1. The Kier molecular flexibility index (Phi) is 5.13. The highest BCUT2D eigenvalue weighted by atomic mass is 32.1. The Morgan fingerprint density at radius 1 is 1.11 bits per heavy atom. The Hall–Kier alpha value is -2.77. The maximum absolute atomic E-state index is 12.1. The largest absolute Gasteiger partial charge is 0.349 e. The van der Waals surface area contributed by atoms with Gasteiger partial charge in [-0.05, 0) is 48.1 Å². The summed E-state index contributed by atoms with van der Waals surface area (Å²) in [6, 6.07) is 11.5. The van der Waals surface area contributed by atoms with Gasteiger partial charge in [0.05, 0.1) is 10.6 Å². The van der Waals surface area contributed by atoms with Gasteiger partial charge in [0.1, 0.15) is 0 Å². The Balaban J connectivity index is 1.33. The molecule has 0 bridgehead atoms. The number of hydrogen-bond acceptors (Lipinski definition) is 5. The molecule has 7 heteroatoms. The maximum Gasteiger partial charge on any atom is 0.251 e. The number of carbonyl (C=O) groups is 2. The molecule has 2 amide bonds.